The molecule has 2 heterocycles. The second-order valence-corrected chi connectivity index (χ2v) is 8.79. The van der Waals surface area contributed by atoms with Gasteiger partial charge in [0.05, 0.1) is 4.87 Å². The molecule has 0 spiro atoms. The lowest BCUT2D eigenvalue weighted by Crippen LogP contribution is -2.34. The number of hydrogen-bond acceptors (Lipinski definition) is 5. The molecule has 3 rings (SSSR count). The minimum absolute atomic E-state index is 0.00266. The molecular weight excluding hydrogens is 294 g/mol. The maximum Gasteiger partial charge on any atom is 0.240 e. The summed E-state index contributed by atoms with van der Waals surface area (Å²) >= 11 is 1.89. The third-order valence-electron chi connectivity index (χ3n) is 3.63. The standard InChI is InChI=1S/C17H21N3OS/c1-16(2)14(18-17(3,4)22-16)15-20-19-13(21-15)11-10-12-8-6-5-7-9-12/h5-11,14,18H,1-4H3/b11-10+/t14-/m1/s1. The van der Waals surface area contributed by atoms with Gasteiger partial charge in [-0.1, -0.05) is 30.3 Å². The summed E-state index contributed by atoms with van der Waals surface area (Å²) < 4.78 is 5.84. The zero-order chi connectivity index (χ0) is 15.8. The summed E-state index contributed by atoms with van der Waals surface area (Å²) in [6, 6.07) is 10.1. The number of benzene rings is 1. The third kappa shape index (κ3) is 3.25. The van der Waals surface area contributed by atoms with Gasteiger partial charge in [-0.2, -0.15) is 0 Å². The Labute approximate surface area is 135 Å². The Hall–Kier alpha value is -1.59. The van der Waals surface area contributed by atoms with Gasteiger partial charge < -0.3 is 4.42 Å². The Morgan fingerprint density at radius 3 is 2.45 bits per heavy atom. The van der Waals surface area contributed by atoms with Gasteiger partial charge in [0.2, 0.25) is 11.8 Å². The molecular formula is C17H21N3OS. The molecule has 0 unspecified atom stereocenters. The van der Waals surface area contributed by atoms with E-state index in [1.165, 1.54) is 0 Å². The van der Waals surface area contributed by atoms with E-state index in [4.69, 9.17) is 4.42 Å². The minimum Gasteiger partial charge on any atom is -0.420 e. The molecule has 2 aromatic rings. The van der Waals surface area contributed by atoms with Gasteiger partial charge >= 0.3 is 0 Å². The fourth-order valence-corrected chi connectivity index (χ4v) is 4.56. The van der Waals surface area contributed by atoms with Crippen molar-refractivity contribution < 1.29 is 4.42 Å². The van der Waals surface area contributed by atoms with Crippen molar-refractivity contribution in [1.29, 1.82) is 0 Å². The molecule has 0 radical (unpaired) electrons. The Balaban J connectivity index is 1.78. The summed E-state index contributed by atoms with van der Waals surface area (Å²) in [7, 11) is 0. The summed E-state index contributed by atoms with van der Waals surface area (Å²) in [5.41, 5.74) is 1.11. The Morgan fingerprint density at radius 2 is 1.82 bits per heavy atom. The van der Waals surface area contributed by atoms with Crippen molar-refractivity contribution in [1.82, 2.24) is 15.5 Å². The highest BCUT2D eigenvalue weighted by atomic mass is 32.2. The van der Waals surface area contributed by atoms with E-state index in [1.807, 2.05) is 54.2 Å². The van der Waals surface area contributed by atoms with Crippen LogP contribution in [0.15, 0.2) is 34.7 Å². The Morgan fingerprint density at radius 1 is 1.09 bits per heavy atom. The first-order valence-corrected chi connectivity index (χ1v) is 8.22. The second-order valence-electron chi connectivity index (χ2n) is 6.52. The van der Waals surface area contributed by atoms with Crippen molar-refractivity contribution in [2.24, 2.45) is 0 Å². The van der Waals surface area contributed by atoms with Crippen molar-refractivity contribution >= 4 is 23.9 Å². The molecule has 1 aliphatic rings. The van der Waals surface area contributed by atoms with Crippen molar-refractivity contribution in [2.75, 3.05) is 0 Å². The number of thioether (sulfide) groups is 1. The van der Waals surface area contributed by atoms with E-state index in [0.29, 0.717) is 11.8 Å². The first-order chi connectivity index (χ1) is 10.4. The van der Waals surface area contributed by atoms with Crippen molar-refractivity contribution in [3.05, 3.63) is 47.7 Å². The minimum atomic E-state index is 0.00266. The zero-order valence-electron chi connectivity index (χ0n) is 13.3. The quantitative estimate of drug-likeness (QED) is 0.923. The molecule has 1 saturated heterocycles. The lowest BCUT2D eigenvalue weighted by molar-refractivity contribution is 0.347. The molecule has 1 atom stereocenters. The van der Waals surface area contributed by atoms with Gasteiger partial charge in [-0.05, 0) is 39.3 Å². The van der Waals surface area contributed by atoms with Crippen LogP contribution >= 0.6 is 11.8 Å². The van der Waals surface area contributed by atoms with Crippen LogP contribution in [-0.2, 0) is 0 Å². The van der Waals surface area contributed by atoms with E-state index in [1.54, 1.807) is 0 Å². The van der Waals surface area contributed by atoms with Gasteiger partial charge in [-0.15, -0.1) is 22.0 Å². The number of nitrogens with zero attached hydrogens (tertiary/aromatic N) is 2. The van der Waals surface area contributed by atoms with Gasteiger partial charge in [0, 0.05) is 10.8 Å². The van der Waals surface area contributed by atoms with Crippen LogP contribution < -0.4 is 5.32 Å². The normalized spacial score (nSPS) is 23.2. The van der Waals surface area contributed by atoms with Crippen LogP contribution in [0, 0.1) is 0 Å². The molecule has 1 aromatic carbocycles. The van der Waals surface area contributed by atoms with Crippen molar-refractivity contribution in [3.8, 4) is 0 Å². The molecule has 1 N–H and O–H groups in total. The fraction of sp³-hybridized carbons (Fsp3) is 0.412. The molecule has 0 bridgehead atoms. The van der Waals surface area contributed by atoms with E-state index >= 15 is 0 Å². The van der Waals surface area contributed by atoms with Gasteiger partial charge in [0.25, 0.3) is 0 Å². The summed E-state index contributed by atoms with van der Waals surface area (Å²) in [6.07, 6.45) is 3.83. The SMILES string of the molecule is CC1(C)N[C@H](c2nnc(/C=C/c3ccccc3)o2)C(C)(C)S1. The number of hydrogen-bond donors (Lipinski definition) is 1. The molecule has 4 nitrogen and oxygen atoms in total. The van der Waals surface area contributed by atoms with Crippen LogP contribution in [0.25, 0.3) is 12.2 Å². The largest absolute Gasteiger partial charge is 0.420 e. The first kappa shape index (κ1) is 15.3. The van der Waals surface area contributed by atoms with E-state index in [2.05, 4.69) is 43.2 Å². The van der Waals surface area contributed by atoms with Crippen LogP contribution in [0.1, 0.15) is 51.1 Å². The van der Waals surface area contributed by atoms with Gasteiger partial charge in [0.15, 0.2) is 0 Å². The molecule has 0 aliphatic carbocycles. The predicted molar refractivity (Wildman–Crippen MR) is 91.3 cm³/mol. The lowest BCUT2D eigenvalue weighted by atomic mass is 10.0. The summed E-state index contributed by atoms with van der Waals surface area (Å²) in [5.74, 6) is 1.18. The number of nitrogens with one attached hydrogen (secondary N) is 1. The molecule has 1 aromatic heterocycles. The summed E-state index contributed by atoms with van der Waals surface area (Å²) in [4.78, 5) is 0.00266. The smallest absolute Gasteiger partial charge is 0.240 e. The third-order valence-corrected chi connectivity index (χ3v) is 5.02. The average molecular weight is 315 g/mol. The van der Waals surface area contributed by atoms with E-state index in [-0.39, 0.29) is 15.7 Å². The molecule has 22 heavy (non-hydrogen) atoms. The highest BCUT2D eigenvalue weighted by Crippen LogP contribution is 2.50. The summed E-state index contributed by atoms with van der Waals surface area (Å²) in [5, 5.41) is 11.9. The average Bonchev–Trinajstić information content (AvgIpc) is 2.99. The van der Waals surface area contributed by atoms with Crippen LogP contribution in [0.2, 0.25) is 0 Å². The van der Waals surface area contributed by atoms with E-state index in [9.17, 15) is 0 Å². The van der Waals surface area contributed by atoms with E-state index < -0.39 is 0 Å². The molecule has 1 aliphatic heterocycles. The van der Waals surface area contributed by atoms with Gasteiger partial charge in [-0.25, -0.2) is 0 Å². The maximum atomic E-state index is 5.83. The molecule has 5 heteroatoms. The Kier molecular flexibility index (Phi) is 3.87. The predicted octanol–water partition coefficient (Wildman–Crippen LogP) is 4.13. The highest BCUT2D eigenvalue weighted by Gasteiger charge is 2.48. The van der Waals surface area contributed by atoms with Crippen LogP contribution in [-0.4, -0.2) is 19.8 Å². The lowest BCUT2D eigenvalue weighted by Gasteiger charge is -2.21. The second kappa shape index (κ2) is 5.56. The highest BCUT2D eigenvalue weighted by molar-refractivity contribution is 8.02. The molecule has 0 saturated carbocycles. The van der Waals surface area contributed by atoms with Crippen molar-refractivity contribution in [3.63, 3.8) is 0 Å². The number of rotatable bonds is 3. The van der Waals surface area contributed by atoms with E-state index in [0.717, 1.165) is 5.56 Å². The molecule has 0 amide bonds. The fourth-order valence-electron chi connectivity index (χ4n) is 2.79. The van der Waals surface area contributed by atoms with Crippen LogP contribution in [0.4, 0.5) is 0 Å². The zero-order valence-corrected chi connectivity index (χ0v) is 14.1. The Bertz CT molecular complexity index is 676. The van der Waals surface area contributed by atoms with Crippen molar-refractivity contribution in [2.45, 2.75) is 43.4 Å². The molecule has 116 valence electrons. The number of aromatic nitrogens is 2. The summed E-state index contributed by atoms with van der Waals surface area (Å²) in [6.45, 7) is 8.75. The van der Waals surface area contributed by atoms with Gasteiger partial charge in [0.1, 0.15) is 6.04 Å². The first-order valence-electron chi connectivity index (χ1n) is 7.40. The monoisotopic (exact) mass is 315 g/mol. The van der Waals surface area contributed by atoms with Gasteiger partial charge in [-0.3, -0.25) is 5.32 Å². The maximum absolute atomic E-state index is 5.83. The van der Waals surface area contributed by atoms with Crippen LogP contribution in [0.3, 0.4) is 0 Å². The topological polar surface area (TPSA) is 51.0 Å². The van der Waals surface area contributed by atoms with Crippen LogP contribution in [0.5, 0.6) is 0 Å². The molecule has 1 fully saturated rings.